The van der Waals surface area contributed by atoms with E-state index in [9.17, 15) is 9.59 Å². The van der Waals surface area contributed by atoms with Crippen molar-refractivity contribution in [1.82, 2.24) is 5.32 Å². The Morgan fingerprint density at radius 2 is 1.85 bits per heavy atom. The van der Waals surface area contributed by atoms with Crippen molar-refractivity contribution in [3.05, 3.63) is 77.7 Å². The quantitative estimate of drug-likeness (QED) is 0.593. The molecule has 2 aromatic carbocycles. The van der Waals surface area contributed by atoms with Gasteiger partial charge in [-0.05, 0) is 53.8 Å². The molecule has 2 N–H and O–H groups in total. The van der Waals surface area contributed by atoms with Crippen molar-refractivity contribution < 1.29 is 14.0 Å². The fourth-order valence-corrected chi connectivity index (χ4v) is 3.21. The first-order valence-corrected chi connectivity index (χ1v) is 8.47. The predicted octanol–water partition coefficient (Wildman–Crippen LogP) is 3.61. The summed E-state index contributed by atoms with van der Waals surface area (Å²) < 4.78 is 4.88. The first-order valence-electron chi connectivity index (χ1n) is 8.47. The summed E-state index contributed by atoms with van der Waals surface area (Å²) in [4.78, 5) is 24.4. The van der Waals surface area contributed by atoms with Crippen LogP contribution in [0.2, 0.25) is 0 Å². The van der Waals surface area contributed by atoms with Crippen molar-refractivity contribution in [2.45, 2.75) is 19.4 Å². The maximum absolute atomic E-state index is 12.4. The zero-order valence-electron chi connectivity index (χ0n) is 14.3. The molecule has 0 radical (unpaired) electrons. The summed E-state index contributed by atoms with van der Waals surface area (Å²) in [5.74, 6) is -0.608. The lowest BCUT2D eigenvalue weighted by Crippen LogP contribution is -2.41. The number of amides is 2. The van der Waals surface area contributed by atoms with E-state index in [0.29, 0.717) is 5.56 Å². The molecule has 0 saturated carbocycles. The van der Waals surface area contributed by atoms with Crippen molar-refractivity contribution in [2.75, 3.05) is 5.32 Å². The van der Waals surface area contributed by atoms with Gasteiger partial charge in [0, 0.05) is 5.69 Å². The van der Waals surface area contributed by atoms with Gasteiger partial charge in [0.25, 0.3) is 5.91 Å². The van der Waals surface area contributed by atoms with Crippen LogP contribution in [-0.4, -0.2) is 17.9 Å². The lowest BCUT2D eigenvalue weighted by Gasteiger charge is -2.14. The molecule has 0 bridgehead atoms. The Labute approximate surface area is 151 Å². The van der Waals surface area contributed by atoms with E-state index in [1.54, 1.807) is 13.0 Å². The zero-order chi connectivity index (χ0) is 18.1. The second-order valence-corrected chi connectivity index (χ2v) is 6.40. The molecule has 0 saturated heterocycles. The van der Waals surface area contributed by atoms with Crippen molar-refractivity contribution in [3.63, 3.8) is 0 Å². The smallest absolute Gasteiger partial charge is 0.255 e. The number of benzene rings is 2. The Bertz CT molecular complexity index is 977. The minimum atomic E-state index is -0.664. The fourth-order valence-electron chi connectivity index (χ4n) is 3.21. The standard InChI is InChI=1S/C21H18N2O3/c1-13(22-21(25)15-8-9-26-12-15)20(24)23-17-6-7-19-16(11-17)10-14-4-2-3-5-18(14)19/h2-9,11-13H,10H2,1H3,(H,22,25)(H,23,24). The van der Waals surface area contributed by atoms with Crippen LogP contribution >= 0.6 is 0 Å². The molecule has 1 aromatic heterocycles. The van der Waals surface area contributed by atoms with E-state index < -0.39 is 6.04 Å². The van der Waals surface area contributed by atoms with E-state index in [4.69, 9.17) is 4.42 Å². The van der Waals surface area contributed by atoms with Crippen LogP contribution in [0.25, 0.3) is 11.1 Å². The lowest BCUT2D eigenvalue weighted by atomic mass is 10.1. The first kappa shape index (κ1) is 16.1. The van der Waals surface area contributed by atoms with Crippen LogP contribution in [0.5, 0.6) is 0 Å². The molecule has 2 amide bonds. The largest absolute Gasteiger partial charge is 0.472 e. The highest BCUT2D eigenvalue weighted by Gasteiger charge is 2.20. The molecule has 1 aliphatic rings. The number of rotatable bonds is 4. The molecular weight excluding hydrogens is 328 g/mol. The van der Waals surface area contributed by atoms with Crippen LogP contribution in [-0.2, 0) is 11.2 Å². The van der Waals surface area contributed by atoms with Crippen LogP contribution in [0.15, 0.2) is 65.5 Å². The van der Waals surface area contributed by atoms with E-state index in [1.165, 1.54) is 34.8 Å². The van der Waals surface area contributed by atoms with Crippen LogP contribution in [0.4, 0.5) is 5.69 Å². The Kier molecular flexibility index (Phi) is 4.05. The second kappa shape index (κ2) is 6.52. The molecule has 1 aliphatic carbocycles. The number of carbonyl (C=O) groups excluding carboxylic acids is 2. The molecule has 0 aliphatic heterocycles. The highest BCUT2D eigenvalue weighted by atomic mass is 16.3. The van der Waals surface area contributed by atoms with E-state index in [1.807, 2.05) is 30.3 Å². The molecule has 4 rings (SSSR count). The third kappa shape index (κ3) is 2.99. The van der Waals surface area contributed by atoms with Gasteiger partial charge in [-0.2, -0.15) is 0 Å². The lowest BCUT2D eigenvalue weighted by molar-refractivity contribution is -0.117. The van der Waals surface area contributed by atoms with Gasteiger partial charge in [-0.15, -0.1) is 0 Å². The molecule has 130 valence electrons. The molecule has 1 heterocycles. The molecule has 26 heavy (non-hydrogen) atoms. The van der Waals surface area contributed by atoms with Gasteiger partial charge in [0.2, 0.25) is 5.91 Å². The van der Waals surface area contributed by atoms with Crippen LogP contribution < -0.4 is 10.6 Å². The summed E-state index contributed by atoms with van der Waals surface area (Å²) >= 11 is 0. The molecule has 5 heteroatoms. The van der Waals surface area contributed by atoms with E-state index in [2.05, 4.69) is 22.8 Å². The van der Waals surface area contributed by atoms with Gasteiger partial charge in [-0.25, -0.2) is 0 Å². The topological polar surface area (TPSA) is 71.3 Å². The van der Waals surface area contributed by atoms with Gasteiger partial charge >= 0.3 is 0 Å². The second-order valence-electron chi connectivity index (χ2n) is 6.40. The van der Waals surface area contributed by atoms with Crippen LogP contribution in [0, 0.1) is 0 Å². The van der Waals surface area contributed by atoms with E-state index in [-0.39, 0.29) is 11.8 Å². The number of furan rings is 1. The summed E-state index contributed by atoms with van der Waals surface area (Å²) in [5, 5.41) is 5.53. The summed E-state index contributed by atoms with van der Waals surface area (Å²) in [7, 11) is 0. The number of hydrogen-bond acceptors (Lipinski definition) is 3. The fraction of sp³-hybridized carbons (Fsp3) is 0.143. The van der Waals surface area contributed by atoms with Gasteiger partial charge in [0.05, 0.1) is 11.8 Å². The zero-order valence-corrected chi connectivity index (χ0v) is 14.3. The predicted molar refractivity (Wildman–Crippen MR) is 98.9 cm³/mol. The Balaban J connectivity index is 1.44. The average Bonchev–Trinajstić information content (AvgIpc) is 3.29. The SMILES string of the molecule is CC(NC(=O)c1ccoc1)C(=O)Nc1ccc2c(c1)Cc1ccccc1-2. The third-order valence-corrected chi connectivity index (χ3v) is 4.59. The number of carbonyl (C=O) groups is 2. The molecule has 0 spiro atoms. The number of fused-ring (bicyclic) bond motifs is 3. The van der Waals surface area contributed by atoms with Gasteiger partial charge < -0.3 is 15.1 Å². The summed E-state index contributed by atoms with van der Waals surface area (Å²) in [5.41, 5.74) is 6.07. The van der Waals surface area contributed by atoms with Crippen molar-refractivity contribution in [3.8, 4) is 11.1 Å². The Morgan fingerprint density at radius 3 is 2.65 bits per heavy atom. The Hall–Kier alpha value is -3.34. The summed E-state index contributed by atoms with van der Waals surface area (Å²) in [6.07, 6.45) is 3.63. The molecule has 1 atom stereocenters. The minimum Gasteiger partial charge on any atom is -0.472 e. The highest BCUT2D eigenvalue weighted by Crippen LogP contribution is 2.37. The Morgan fingerprint density at radius 1 is 1.04 bits per heavy atom. The van der Waals surface area contributed by atoms with Crippen molar-refractivity contribution >= 4 is 17.5 Å². The normalized spacial score (nSPS) is 12.8. The summed E-state index contributed by atoms with van der Waals surface area (Å²) in [6, 6.07) is 15.1. The maximum atomic E-state index is 12.4. The molecular formula is C21H18N2O3. The van der Waals surface area contributed by atoms with Gasteiger partial charge in [0.15, 0.2) is 0 Å². The van der Waals surface area contributed by atoms with Gasteiger partial charge in [0.1, 0.15) is 12.3 Å². The van der Waals surface area contributed by atoms with Crippen LogP contribution in [0.3, 0.4) is 0 Å². The molecule has 1 unspecified atom stereocenters. The average molecular weight is 346 g/mol. The van der Waals surface area contributed by atoms with Crippen molar-refractivity contribution in [1.29, 1.82) is 0 Å². The van der Waals surface area contributed by atoms with E-state index in [0.717, 1.165) is 12.1 Å². The molecule has 5 nitrogen and oxygen atoms in total. The number of hydrogen-bond donors (Lipinski definition) is 2. The van der Waals surface area contributed by atoms with Crippen molar-refractivity contribution in [2.24, 2.45) is 0 Å². The first-order chi connectivity index (χ1) is 12.6. The third-order valence-electron chi connectivity index (χ3n) is 4.59. The number of nitrogens with one attached hydrogen (secondary N) is 2. The summed E-state index contributed by atoms with van der Waals surface area (Å²) in [6.45, 7) is 1.65. The molecule has 0 fully saturated rings. The maximum Gasteiger partial charge on any atom is 0.255 e. The minimum absolute atomic E-state index is 0.266. The molecule has 3 aromatic rings. The van der Waals surface area contributed by atoms with E-state index >= 15 is 0 Å². The van der Waals surface area contributed by atoms with Gasteiger partial charge in [-0.1, -0.05) is 30.3 Å². The van der Waals surface area contributed by atoms with Gasteiger partial charge in [-0.3, -0.25) is 9.59 Å². The monoisotopic (exact) mass is 346 g/mol. The highest BCUT2D eigenvalue weighted by molar-refractivity contribution is 6.01. The van der Waals surface area contributed by atoms with Crippen LogP contribution in [0.1, 0.15) is 28.4 Å². The number of anilines is 1.